The molecule has 1 aliphatic heterocycles. The first kappa shape index (κ1) is 18.7. The van der Waals surface area contributed by atoms with Gasteiger partial charge in [0.1, 0.15) is 0 Å². The Bertz CT molecular complexity index is 772. The number of hydrogen-bond acceptors (Lipinski definition) is 5. The minimum atomic E-state index is -0.155. The lowest BCUT2D eigenvalue weighted by Crippen LogP contribution is -2.49. The van der Waals surface area contributed by atoms with Gasteiger partial charge in [-0.15, -0.1) is 0 Å². The second-order valence-corrected chi connectivity index (χ2v) is 7.04. The fourth-order valence-corrected chi connectivity index (χ4v) is 3.38. The second-order valence-electron chi connectivity index (χ2n) is 6.23. The standard InChI is InChI=1S/C18H20Cl2N4O2/c1-12(2)26-17-16(21-6-7-22-17)23-8-10-24(11-9-23)18(25)15-13(19)4-3-5-14(15)20/h3-7,12H,8-11H2,1-2H3. The molecular weight excluding hydrogens is 375 g/mol. The zero-order valence-corrected chi connectivity index (χ0v) is 16.2. The molecule has 8 heteroatoms. The molecule has 3 rings (SSSR count). The summed E-state index contributed by atoms with van der Waals surface area (Å²) in [4.78, 5) is 25.3. The number of nitrogens with zero attached hydrogens (tertiary/aromatic N) is 4. The summed E-state index contributed by atoms with van der Waals surface area (Å²) in [6.45, 7) is 6.23. The van der Waals surface area contributed by atoms with Crippen LogP contribution in [0.2, 0.25) is 10.0 Å². The smallest absolute Gasteiger partial charge is 0.257 e. The summed E-state index contributed by atoms with van der Waals surface area (Å²) in [7, 11) is 0. The van der Waals surface area contributed by atoms with Gasteiger partial charge in [0, 0.05) is 38.6 Å². The molecule has 0 radical (unpaired) electrons. The van der Waals surface area contributed by atoms with Gasteiger partial charge in [0.25, 0.3) is 11.8 Å². The molecule has 1 saturated heterocycles. The number of aromatic nitrogens is 2. The van der Waals surface area contributed by atoms with E-state index in [1.165, 1.54) is 0 Å². The molecule has 1 aromatic heterocycles. The predicted molar refractivity (Wildman–Crippen MR) is 102 cm³/mol. The monoisotopic (exact) mass is 394 g/mol. The van der Waals surface area contributed by atoms with E-state index >= 15 is 0 Å². The number of amides is 1. The first-order valence-corrected chi connectivity index (χ1v) is 9.19. The van der Waals surface area contributed by atoms with Crippen molar-refractivity contribution in [3.63, 3.8) is 0 Å². The quantitative estimate of drug-likeness (QED) is 0.793. The number of piperazine rings is 1. The normalized spacial score (nSPS) is 14.7. The van der Waals surface area contributed by atoms with Crippen molar-refractivity contribution in [2.75, 3.05) is 31.1 Å². The molecule has 0 spiro atoms. The molecule has 1 amide bonds. The zero-order chi connectivity index (χ0) is 18.7. The number of ether oxygens (including phenoxy) is 1. The molecule has 26 heavy (non-hydrogen) atoms. The lowest BCUT2D eigenvalue weighted by molar-refractivity contribution is 0.0746. The Balaban J connectivity index is 1.71. The molecule has 0 N–H and O–H groups in total. The highest BCUT2D eigenvalue weighted by molar-refractivity contribution is 6.39. The van der Waals surface area contributed by atoms with Gasteiger partial charge in [-0.1, -0.05) is 29.3 Å². The van der Waals surface area contributed by atoms with Crippen molar-refractivity contribution in [1.29, 1.82) is 0 Å². The van der Waals surface area contributed by atoms with Gasteiger partial charge in [0.05, 0.1) is 21.7 Å². The van der Waals surface area contributed by atoms with Gasteiger partial charge in [0.15, 0.2) is 5.82 Å². The molecule has 0 unspecified atom stereocenters. The van der Waals surface area contributed by atoms with Crippen LogP contribution in [0.5, 0.6) is 5.88 Å². The lowest BCUT2D eigenvalue weighted by atomic mass is 10.1. The minimum Gasteiger partial charge on any atom is -0.472 e. The molecule has 0 bridgehead atoms. The van der Waals surface area contributed by atoms with Crippen LogP contribution in [0, 0.1) is 0 Å². The Morgan fingerprint density at radius 1 is 1.08 bits per heavy atom. The summed E-state index contributed by atoms with van der Waals surface area (Å²) in [5.41, 5.74) is 0.354. The van der Waals surface area contributed by atoms with Crippen molar-refractivity contribution >= 4 is 34.9 Å². The van der Waals surface area contributed by atoms with Crippen LogP contribution in [-0.2, 0) is 0 Å². The number of hydrogen-bond donors (Lipinski definition) is 0. The van der Waals surface area contributed by atoms with E-state index in [1.807, 2.05) is 13.8 Å². The molecule has 0 atom stereocenters. The van der Waals surface area contributed by atoms with E-state index in [1.54, 1.807) is 35.5 Å². The van der Waals surface area contributed by atoms with Gasteiger partial charge in [0.2, 0.25) is 0 Å². The first-order valence-electron chi connectivity index (χ1n) is 8.43. The molecular formula is C18H20Cl2N4O2. The summed E-state index contributed by atoms with van der Waals surface area (Å²) >= 11 is 12.3. The van der Waals surface area contributed by atoms with E-state index < -0.39 is 0 Å². The third-order valence-corrected chi connectivity index (χ3v) is 4.67. The van der Waals surface area contributed by atoms with E-state index in [0.717, 1.165) is 0 Å². The molecule has 0 aliphatic carbocycles. The van der Waals surface area contributed by atoms with Gasteiger partial charge in [-0.25, -0.2) is 9.97 Å². The average Bonchev–Trinajstić information content (AvgIpc) is 2.61. The maximum atomic E-state index is 12.8. The second kappa shape index (κ2) is 8.10. The van der Waals surface area contributed by atoms with Gasteiger partial charge >= 0.3 is 0 Å². The van der Waals surface area contributed by atoms with Crippen molar-refractivity contribution in [3.05, 3.63) is 46.2 Å². The van der Waals surface area contributed by atoms with Crippen LogP contribution in [0.4, 0.5) is 5.82 Å². The van der Waals surface area contributed by atoms with Crippen LogP contribution in [0.1, 0.15) is 24.2 Å². The number of carbonyl (C=O) groups is 1. The SMILES string of the molecule is CC(C)Oc1nccnc1N1CCN(C(=O)c2c(Cl)cccc2Cl)CC1. The summed E-state index contributed by atoms with van der Waals surface area (Å²) in [5.74, 6) is 1.05. The maximum absolute atomic E-state index is 12.8. The zero-order valence-electron chi connectivity index (χ0n) is 14.7. The van der Waals surface area contributed by atoms with Crippen LogP contribution in [0.3, 0.4) is 0 Å². The van der Waals surface area contributed by atoms with Crippen molar-refractivity contribution < 1.29 is 9.53 Å². The molecule has 2 aromatic rings. The van der Waals surface area contributed by atoms with Gasteiger partial charge < -0.3 is 14.5 Å². The summed E-state index contributed by atoms with van der Waals surface area (Å²) in [5, 5.41) is 0.734. The number of halogens is 2. The summed E-state index contributed by atoms with van der Waals surface area (Å²) in [6, 6.07) is 5.07. The third kappa shape index (κ3) is 4.02. The number of benzene rings is 1. The van der Waals surface area contributed by atoms with Crippen molar-refractivity contribution in [1.82, 2.24) is 14.9 Å². The third-order valence-electron chi connectivity index (χ3n) is 4.04. The van der Waals surface area contributed by atoms with Crippen molar-refractivity contribution in [2.45, 2.75) is 20.0 Å². The highest BCUT2D eigenvalue weighted by atomic mass is 35.5. The average molecular weight is 395 g/mol. The van der Waals surface area contributed by atoms with Gasteiger partial charge in [-0.3, -0.25) is 4.79 Å². The van der Waals surface area contributed by atoms with Crippen LogP contribution < -0.4 is 9.64 Å². The minimum absolute atomic E-state index is 0.00989. The maximum Gasteiger partial charge on any atom is 0.257 e. The topological polar surface area (TPSA) is 58.6 Å². The Morgan fingerprint density at radius 2 is 1.69 bits per heavy atom. The fraction of sp³-hybridized carbons (Fsp3) is 0.389. The van der Waals surface area contributed by atoms with Gasteiger partial charge in [-0.2, -0.15) is 0 Å². The van der Waals surface area contributed by atoms with E-state index in [2.05, 4.69) is 14.9 Å². The van der Waals surface area contributed by atoms with Crippen LogP contribution >= 0.6 is 23.2 Å². The Morgan fingerprint density at radius 3 is 2.31 bits per heavy atom. The summed E-state index contributed by atoms with van der Waals surface area (Å²) < 4.78 is 5.74. The number of carbonyl (C=O) groups excluding carboxylic acids is 1. The van der Waals surface area contributed by atoms with Crippen molar-refractivity contribution in [2.24, 2.45) is 0 Å². The van der Waals surface area contributed by atoms with Gasteiger partial charge in [-0.05, 0) is 26.0 Å². The van der Waals surface area contributed by atoms with E-state index in [-0.39, 0.29) is 12.0 Å². The van der Waals surface area contributed by atoms with Crippen LogP contribution in [0.25, 0.3) is 0 Å². The number of rotatable bonds is 4. The Hall–Kier alpha value is -2.05. The molecule has 2 heterocycles. The van der Waals surface area contributed by atoms with Crippen LogP contribution in [-0.4, -0.2) is 53.1 Å². The lowest BCUT2D eigenvalue weighted by Gasteiger charge is -2.36. The molecule has 1 aromatic carbocycles. The van der Waals surface area contributed by atoms with Crippen molar-refractivity contribution in [3.8, 4) is 5.88 Å². The highest BCUT2D eigenvalue weighted by Crippen LogP contribution is 2.28. The van der Waals surface area contributed by atoms with E-state index in [4.69, 9.17) is 27.9 Å². The molecule has 138 valence electrons. The molecule has 1 aliphatic rings. The molecule has 0 saturated carbocycles. The highest BCUT2D eigenvalue weighted by Gasteiger charge is 2.27. The van der Waals surface area contributed by atoms with Crippen LogP contribution in [0.15, 0.2) is 30.6 Å². The molecule has 1 fully saturated rings. The molecule has 6 nitrogen and oxygen atoms in total. The largest absolute Gasteiger partial charge is 0.472 e. The predicted octanol–water partition coefficient (Wildman–Crippen LogP) is 3.53. The first-order chi connectivity index (χ1) is 12.5. The Labute approximate surface area is 162 Å². The summed E-state index contributed by atoms with van der Waals surface area (Å²) in [6.07, 6.45) is 3.26. The van der Waals surface area contributed by atoms with E-state index in [9.17, 15) is 4.79 Å². The fourth-order valence-electron chi connectivity index (χ4n) is 2.82. The Kier molecular flexibility index (Phi) is 5.84. The van der Waals surface area contributed by atoms with E-state index in [0.29, 0.717) is 53.5 Å². The number of anilines is 1.